The number of anilines is 2. The molecule has 71 heavy (non-hydrogen) atoms. The summed E-state index contributed by atoms with van der Waals surface area (Å²) in [5.41, 5.74) is 2.52. The predicted octanol–water partition coefficient (Wildman–Crippen LogP) is 6.41. The van der Waals surface area contributed by atoms with E-state index in [9.17, 15) is 40.9 Å². The number of hydrogen-bond acceptors (Lipinski definition) is 16. The quantitative estimate of drug-likeness (QED) is 0.0322. The lowest BCUT2D eigenvalue weighted by atomic mass is 9.77. The number of nitrogens with zero attached hydrogens (tertiary/aromatic N) is 2. The Kier molecular flexibility index (Phi) is 27.3. The molecule has 402 valence electrons. The number of methoxy groups -OCH3 is 2. The van der Waals surface area contributed by atoms with E-state index >= 15 is 0 Å². The van der Waals surface area contributed by atoms with E-state index in [0.29, 0.717) is 140 Å². The fourth-order valence-corrected chi connectivity index (χ4v) is 8.67. The Morgan fingerprint density at radius 3 is 1.76 bits per heavy atom. The van der Waals surface area contributed by atoms with Crippen LogP contribution in [0.1, 0.15) is 70.9 Å². The van der Waals surface area contributed by atoms with Gasteiger partial charge in [-0.25, -0.2) is 0 Å². The van der Waals surface area contributed by atoms with Crippen LogP contribution in [0.2, 0.25) is 0 Å². The van der Waals surface area contributed by atoms with Gasteiger partial charge in [-0.3, -0.25) is 13.9 Å². The Hall–Kier alpha value is -3.97. The molecule has 0 amide bonds. The molecule has 0 saturated heterocycles. The van der Waals surface area contributed by atoms with E-state index in [1.807, 2.05) is 42.2 Å². The van der Waals surface area contributed by atoms with E-state index in [0.717, 1.165) is 5.69 Å². The number of hydrogen-bond donors (Lipinski definition) is 4. The van der Waals surface area contributed by atoms with Crippen molar-refractivity contribution in [3.05, 3.63) is 77.5 Å². The zero-order chi connectivity index (χ0) is 52.3. The number of benzene rings is 2. The molecule has 0 aliphatic carbocycles. The molecule has 3 rings (SSSR count). The number of ether oxygens (including phenoxy) is 8. The van der Waals surface area contributed by atoms with Gasteiger partial charge in [0.25, 0.3) is 20.2 Å². The molecule has 0 spiro atoms. The minimum atomic E-state index is -4.62. The van der Waals surface area contributed by atoms with E-state index in [-0.39, 0.29) is 48.3 Å². The van der Waals surface area contributed by atoms with Gasteiger partial charge < -0.3 is 57.9 Å². The highest BCUT2D eigenvalue weighted by atomic mass is 32.2. The Balaban J connectivity index is 1.94. The topological polar surface area (TPSA) is 247 Å². The maximum Gasteiger partial charge on any atom is 0.303 e. The van der Waals surface area contributed by atoms with Gasteiger partial charge in [-0.05, 0) is 85.6 Å². The number of aliphatic carboxylic acids is 1. The van der Waals surface area contributed by atoms with Gasteiger partial charge in [0.2, 0.25) is 0 Å². The lowest BCUT2D eigenvalue weighted by molar-refractivity contribution is -0.137. The largest absolute Gasteiger partial charge is 0.507 e. The van der Waals surface area contributed by atoms with E-state index < -0.39 is 37.4 Å². The fourth-order valence-electron chi connectivity index (χ4n) is 7.67. The van der Waals surface area contributed by atoms with Crippen LogP contribution in [0.3, 0.4) is 0 Å². The van der Waals surface area contributed by atoms with Crippen LogP contribution in [0, 0.1) is 5.41 Å². The molecule has 2 aromatic rings. The summed E-state index contributed by atoms with van der Waals surface area (Å²) >= 11 is 0. The molecule has 1 aliphatic rings. The minimum Gasteiger partial charge on any atom is -0.507 e. The first-order valence-electron chi connectivity index (χ1n) is 23.9. The first-order chi connectivity index (χ1) is 33.7. The zero-order valence-corrected chi connectivity index (χ0v) is 44.0. The summed E-state index contributed by atoms with van der Waals surface area (Å²) in [7, 11) is -5.70. The molecule has 21 heteroatoms. The molecule has 19 nitrogen and oxygen atoms in total. The van der Waals surface area contributed by atoms with Gasteiger partial charge in [0.05, 0.1) is 103 Å². The molecule has 0 fully saturated rings. The number of carboxylic acid groups (broad SMARTS) is 1. The number of fused-ring (bicyclic) bond motifs is 1. The maximum atomic E-state index is 12.3. The molecule has 1 heterocycles. The molecule has 1 unspecified atom stereocenters. The third-order valence-electron chi connectivity index (χ3n) is 11.3. The number of allylic oxidation sites excluding steroid dienone is 6. The maximum absolute atomic E-state index is 12.3. The summed E-state index contributed by atoms with van der Waals surface area (Å²) in [5, 5.41) is 21.3. The van der Waals surface area contributed by atoms with Crippen molar-refractivity contribution in [1.82, 2.24) is 0 Å². The lowest BCUT2D eigenvalue weighted by Crippen LogP contribution is -2.31. The summed E-state index contributed by atoms with van der Waals surface area (Å²) < 4.78 is 112. The van der Waals surface area contributed by atoms with Crippen molar-refractivity contribution in [2.75, 3.05) is 142 Å². The normalized spacial score (nSPS) is 16.1. The number of rotatable bonds is 38. The molecule has 1 aliphatic heterocycles. The average molecular weight is 1040 g/mol. The van der Waals surface area contributed by atoms with Crippen LogP contribution >= 0.6 is 0 Å². The highest BCUT2D eigenvalue weighted by Gasteiger charge is 2.43. The second-order valence-electron chi connectivity index (χ2n) is 18.2. The Morgan fingerprint density at radius 1 is 0.746 bits per heavy atom. The van der Waals surface area contributed by atoms with Crippen LogP contribution in [0.15, 0.2) is 71.3 Å². The molecule has 0 bridgehead atoms. The van der Waals surface area contributed by atoms with Crippen molar-refractivity contribution < 1.29 is 78.8 Å². The van der Waals surface area contributed by atoms with Crippen LogP contribution in [-0.2, 0) is 68.3 Å². The van der Waals surface area contributed by atoms with Gasteiger partial charge in [-0.15, -0.1) is 0 Å². The Labute approximate surface area is 421 Å². The Bertz CT molecular complexity index is 2200. The lowest BCUT2D eigenvalue weighted by Gasteiger charge is -2.30. The number of phenolic OH excluding ortho intramolecular Hbond substituents is 1. The third-order valence-corrected chi connectivity index (χ3v) is 13.0. The molecule has 0 aromatic heterocycles. The zero-order valence-electron chi connectivity index (χ0n) is 42.3. The number of carboxylic acids is 1. The molecule has 1 atom stereocenters. The highest BCUT2D eigenvalue weighted by molar-refractivity contribution is 7.86. The molecule has 0 saturated carbocycles. The van der Waals surface area contributed by atoms with Crippen molar-refractivity contribution in [3.8, 4) is 5.75 Å². The monoisotopic (exact) mass is 1040 g/mol. The van der Waals surface area contributed by atoms with E-state index in [2.05, 4.69) is 25.7 Å². The van der Waals surface area contributed by atoms with Gasteiger partial charge in [-0.2, -0.15) is 16.8 Å². The SMILES string of the molecule is COCCOCCOCCOCCN(CCOCCOCCOCCOC)c1ccc(C(=C\CC(C)(C)C)/C=C/C=C2\N(CCCS(=O)(=O)O)c3ccc(S(=O)(=O)O)cc3C2(C)CCCC(=O)O)c(O)c1. The van der Waals surface area contributed by atoms with Crippen LogP contribution in [-0.4, -0.2) is 174 Å². The van der Waals surface area contributed by atoms with Crippen LogP contribution in [0.5, 0.6) is 5.75 Å². The fraction of sp³-hybridized carbons (Fsp3) is 0.620. The molecular weight excluding hydrogens is 965 g/mol. The average Bonchev–Trinajstić information content (AvgIpc) is 3.52. The smallest absolute Gasteiger partial charge is 0.303 e. The van der Waals surface area contributed by atoms with Crippen molar-refractivity contribution in [2.45, 2.75) is 70.1 Å². The third kappa shape index (κ3) is 23.2. The standard InChI is InChI=1S/C50H78N2O17S2/c1-49(2,3)19-17-40(10-7-11-47-50(4,18-8-12-48(54)55)44-39-42(71(59,60)61)14-16-45(44)52(47)20-9-37-70(56,57)58)43-15-13-41(38-46(43)53)51(21-23-64-29-31-68-35-33-66-27-25-62-5)22-24-65-30-32-69-36-34-67-28-26-63-6/h7,10-11,13-17,38-39,53H,8-9,12,18-37H2,1-6H3,(H,54,55)(H,56,57,58)(H,59,60,61)/b10-7+,40-17-,47-11-. The first kappa shape index (κ1) is 61.3. The molecule has 4 N–H and O–H groups in total. The number of carbonyl (C=O) groups is 1. The van der Waals surface area contributed by atoms with Gasteiger partial charge in [0.1, 0.15) is 5.75 Å². The second kappa shape index (κ2) is 31.6. The van der Waals surface area contributed by atoms with Gasteiger partial charge in [-0.1, -0.05) is 39.0 Å². The van der Waals surface area contributed by atoms with Crippen LogP contribution < -0.4 is 9.80 Å². The number of aromatic hydroxyl groups is 1. The van der Waals surface area contributed by atoms with Crippen molar-refractivity contribution in [2.24, 2.45) is 5.41 Å². The summed E-state index contributed by atoms with van der Waals surface area (Å²) in [6.45, 7) is 15.3. The van der Waals surface area contributed by atoms with Crippen molar-refractivity contribution in [1.29, 1.82) is 0 Å². The number of phenols is 1. The van der Waals surface area contributed by atoms with Crippen molar-refractivity contribution in [3.63, 3.8) is 0 Å². The van der Waals surface area contributed by atoms with E-state index in [1.165, 1.54) is 18.2 Å². The first-order valence-corrected chi connectivity index (χ1v) is 26.9. The van der Waals surface area contributed by atoms with Gasteiger partial charge in [0.15, 0.2) is 0 Å². The summed E-state index contributed by atoms with van der Waals surface area (Å²) in [6.07, 6.45) is 8.43. The summed E-state index contributed by atoms with van der Waals surface area (Å²) in [4.78, 5) is 15.2. The van der Waals surface area contributed by atoms with Crippen molar-refractivity contribution >= 4 is 43.2 Å². The van der Waals surface area contributed by atoms with Gasteiger partial charge >= 0.3 is 5.97 Å². The summed E-state index contributed by atoms with van der Waals surface area (Å²) in [6, 6.07) is 9.60. The van der Waals surface area contributed by atoms with E-state index in [4.69, 9.17) is 37.9 Å². The second-order valence-corrected chi connectivity index (χ2v) is 21.2. The summed E-state index contributed by atoms with van der Waals surface area (Å²) in [5.74, 6) is -1.52. The van der Waals surface area contributed by atoms with Gasteiger partial charge in [0, 0.05) is 74.4 Å². The highest BCUT2D eigenvalue weighted by Crippen LogP contribution is 2.51. The van der Waals surface area contributed by atoms with Crippen LogP contribution in [0.4, 0.5) is 11.4 Å². The predicted molar refractivity (Wildman–Crippen MR) is 272 cm³/mol. The molecule has 2 aromatic carbocycles. The van der Waals surface area contributed by atoms with Crippen LogP contribution in [0.25, 0.3) is 5.57 Å². The molecular formula is C50H78N2O17S2. The minimum absolute atomic E-state index is 0.0113. The Morgan fingerprint density at radius 2 is 1.28 bits per heavy atom. The molecule has 0 radical (unpaired) electrons. The van der Waals surface area contributed by atoms with E-state index in [1.54, 1.807) is 26.4 Å².